The van der Waals surface area contributed by atoms with Gasteiger partial charge in [0.2, 0.25) is 0 Å². The minimum absolute atomic E-state index is 0.0615. The van der Waals surface area contributed by atoms with Gasteiger partial charge in [-0.15, -0.1) is 0 Å². The molecule has 6 heteroatoms. The van der Waals surface area contributed by atoms with Crippen molar-refractivity contribution in [1.82, 2.24) is 0 Å². The second kappa shape index (κ2) is 72.6. The Bertz CT molecular complexity index is 1300. The first-order valence-corrected chi connectivity index (χ1v) is 38.2. The number of hydrogen-bond donors (Lipinski definition) is 0. The second-order valence-electron chi connectivity index (χ2n) is 26.3. The van der Waals surface area contributed by atoms with E-state index in [0.29, 0.717) is 19.3 Å². The van der Waals surface area contributed by atoms with Crippen molar-refractivity contribution >= 4 is 17.9 Å². The molecule has 1 atom stereocenters. The highest BCUT2D eigenvalue weighted by Gasteiger charge is 2.20. The molecule has 0 rings (SSSR count). The van der Waals surface area contributed by atoms with Crippen LogP contribution >= 0.6 is 0 Å². The van der Waals surface area contributed by atoms with Crippen LogP contribution in [0.5, 0.6) is 0 Å². The van der Waals surface area contributed by atoms with Crippen LogP contribution in [0.4, 0.5) is 0 Å². The summed E-state index contributed by atoms with van der Waals surface area (Å²) in [6.07, 6.45) is 88.4. The van der Waals surface area contributed by atoms with Gasteiger partial charge < -0.3 is 14.2 Å². The Morgan fingerprint density at radius 3 is 0.602 bits per heavy atom. The maximum Gasteiger partial charge on any atom is 0.306 e. The number of carbonyl (C=O) groups excluding carboxylic acids is 3. The highest BCUT2D eigenvalue weighted by molar-refractivity contribution is 5.71. The summed E-state index contributed by atoms with van der Waals surface area (Å²) in [5.74, 6) is -0.821. The summed E-state index contributed by atoms with van der Waals surface area (Å²) in [6, 6.07) is 0. The minimum atomic E-state index is -0.765. The number of ether oxygens (including phenoxy) is 3. The molecular formula is C77H148O6. The van der Waals surface area contributed by atoms with Crippen LogP contribution in [0, 0.1) is 0 Å². The summed E-state index contributed by atoms with van der Waals surface area (Å²) in [5.41, 5.74) is 0. The zero-order valence-electron chi connectivity index (χ0n) is 56.8. The van der Waals surface area contributed by atoms with Crippen molar-refractivity contribution in [2.45, 2.75) is 451 Å². The average Bonchev–Trinajstić information content (AvgIpc) is 3.49. The first kappa shape index (κ1) is 81.2. The van der Waals surface area contributed by atoms with E-state index in [9.17, 15) is 14.4 Å². The standard InChI is InChI=1S/C77H148O6/c1-4-7-10-13-16-19-22-25-27-29-31-33-34-35-36-37-38-39-40-41-42-44-45-47-49-52-55-58-61-64-67-70-76(79)82-73-74(72-81-75(78)69-66-63-60-57-54-51-24-21-18-15-12-9-6-3)83-77(80)71-68-65-62-59-56-53-50-48-46-43-32-30-28-26-23-20-17-14-11-8-5-2/h29,31,74H,4-28,30,32-73H2,1-3H3/b31-29-. The van der Waals surface area contributed by atoms with Gasteiger partial charge in [0.25, 0.3) is 0 Å². The van der Waals surface area contributed by atoms with Crippen LogP contribution in [0.1, 0.15) is 445 Å². The first-order valence-electron chi connectivity index (χ1n) is 38.2. The predicted molar refractivity (Wildman–Crippen MR) is 363 cm³/mol. The maximum atomic E-state index is 13.0. The van der Waals surface area contributed by atoms with Crippen molar-refractivity contribution < 1.29 is 28.6 Å². The highest BCUT2D eigenvalue weighted by Crippen LogP contribution is 2.20. The van der Waals surface area contributed by atoms with Crippen LogP contribution in [0.3, 0.4) is 0 Å². The second-order valence-corrected chi connectivity index (χ2v) is 26.3. The van der Waals surface area contributed by atoms with E-state index in [1.165, 1.54) is 347 Å². The monoisotopic (exact) mass is 1170 g/mol. The lowest BCUT2D eigenvalue weighted by atomic mass is 10.0. The Morgan fingerprint density at radius 1 is 0.229 bits per heavy atom. The van der Waals surface area contributed by atoms with Crippen LogP contribution in [0.25, 0.3) is 0 Å². The molecule has 0 radical (unpaired) electrons. The van der Waals surface area contributed by atoms with E-state index in [1.54, 1.807) is 0 Å². The summed E-state index contributed by atoms with van der Waals surface area (Å²) in [7, 11) is 0. The van der Waals surface area contributed by atoms with Gasteiger partial charge in [-0.25, -0.2) is 0 Å². The number of carbonyl (C=O) groups is 3. The van der Waals surface area contributed by atoms with Crippen LogP contribution in [-0.4, -0.2) is 37.2 Å². The molecule has 6 nitrogen and oxygen atoms in total. The van der Waals surface area contributed by atoms with Gasteiger partial charge in [0, 0.05) is 19.3 Å². The van der Waals surface area contributed by atoms with Gasteiger partial charge in [-0.3, -0.25) is 14.4 Å². The minimum Gasteiger partial charge on any atom is -0.462 e. The Balaban J connectivity index is 4.12. The van der Waals surface area contributed by atoms with Crippen molar-refractivity contribution in [3.05, 3.63) is 12.2 Å². The molecule has 0 fully saturated rings. The van der Waals surface area contributed by atoms with E-state index in [4.69, 9.17) is 14.2 Å². The van der Waals surface area contributed by atoms with Gasteiger partial charge in [-0.05, 0) is 44.9 Å². The molecule has 0 aromatic carbocycles. The Kier molecular flexibility index (Phi) is 71.0. The summed E-state index contributed by atoms with van der Waals surface area (Å²) in [5, 5.41) is 0. The summed E-state index contributed by atoms with van der Waals surface area (Å²) < 4.78 is 17.0. The number of unbranched alkanes of at least 4 members (excludes halogenated alkanes) is 59. The molecule has 492 valence electrons. The first-order chi connectivity index (χ1) is 41.0. The van der Waals surface area contributed by atoms with E-state index < -0.39 is 6.10 Å². The van der Waals surface area contributed by atoms with Gasteiger partial charge >= 0.3 is 17.9 Å². The lowest BCUT2D eigenvalue weighted by Crippen LogP contribution is -2.30. The zero-order valence-corrected chi connectivity index (χ0v) is 56.8. The fourth-order valence-corrected chi connectivity index (χ4v) is 12.0. The molecule has 0 aromatic heterocycles. The number of rotatable bonds is 72. The van der Waals surface area contributed by atoms with Crippen molar-refractivity contribution in [1.29, 1.82) is 0 Å². The normalized spacial score (nSPS) is 12.0. The molecule has 0 bridgehead atoms. The Labute approximate surface area is 520 Å². The molecule has 0 N–H and O–H groups in total. The molecular weight excluding hydrogens is 1020 g/mol. The zero-order chi connectivity index (χ0) is 59.9. The predicted octanol–water partition coefficient (Wildman–Crippen LogP) is 26.3. The van der Waals surface area contributed by atoms with Crippen LogP contribution in [0.2, 0.25) is 0 Å². The van der Waals surface area contributed by atoms with Crippen LogP contribution < -0.4 is 0 Å². The van der Waals surface area contributed by atoms with Gasteiger partial charge in [-0.1, -0.05) is 392 Å². The summed E-state index contributed by atoms with van der Waals surface area (Å²) in [6.45, 7) is 6.74. The molecule has 1 unspecified atom stereocenters. The van der Waals surface area contributed by atoms with E-state index in [0.717, 1.165) is 57.8 Å². The lowest BCUT2D eigenvalue weighted by Gasteiger charge is -2.18. The SMILES string of the molecule is CCCCCCCCCC/C=C\CCCCCCCCCCCCCCCCCCCCCC(=O)OCC(COC(=O)CCCCCCCCCCCCCCC)OC(=O)CCCCCCCCCCCCCCCCCCCCCCC. The van der Waals surface area contributed by atoms with Crippen molar-refractivity contribution in [3.63, 3.8) is 0 Å². The van der Waals surface area contributed by atoms with Gasteiger partial charge in [0.05, 0.1) is 0 Å². The largest absolute Gasteiger partial charge is 0.462 e. The summed E-state index contributed by atoms with van der Waals surface area (Å²) >= 11 is 0. The average molecular weight is 1170 g/mol. The van der Waals surface area contributed by atoms with Crippen molar-refractivity contribution in [2.75, 3.05) is 13.2 Å². The molecule has 83 heavy (non-hydrogen) atoms. The molecule has 0 saturated heterocycles. The van der Waals surface area contributed by atoms with Crippen molar-refractivity contribution in [2.24, 2.45) is 0 Å². The third kappa shape index (κ3) is 70.8. The molecule has 0 aromatic rings. The van der Waals surface area contributed by atoms with E-state index in [1.807, 2.05) is 0 Å². The summed E-state index contributed by atoms with van der Waals surface area (Å²) in [4.78, 5) is 38.5. The van der Waals surface area contributed by atoms with Crippen molar-refractivity contribution in [3.8, 4) is 0 Å². The third-order valence-corrected chi connectivity index (χ3v) is 17.8. The highest BCUT2D eigenvalue weighted by atomic mass is 16.6. The van der Waals surface area contributed by atoms with E-state index in [-0.39, 0.29) is 31.1 Å². The maximum absolute atomic E-state index is 13.0. The molecule has 0 saturated carbocycles. The molecule has 0 heterocycles. The third-order valence-electron chi connectivity index (χ3n) is 17.8. The van der Waals surface area contributed by atoms with Gasteiger partial charge in [0.15, 0.2) is 6.10 Å². The van der Waals surface area contributed by atoms with E-state index >= 15 is 0 Å². The van der Waals surface area contributed by atoms with Crippen LogP contribution in [0.15, 0.2) is 12.2 Å². The molecule has 0 aliphatic carbocycles. The van der Waals surface area contributed by atoms with Gasteiger partial charge in [0.1, 0.15) is 13.2 Å². The number of hydrogen-bond acceptors (Lipinski definition) is 6. The molecule has 0 spiro atoms. The molecule has 0 aliphatic rings. The number of esters is 3. The quantitative estimate of drug-likeness (QED) is 0.0261. The van der Waals surface area contributed by atoms with Crippen LogP contribution in [-0.2, 0) is 28.6 Å². The molecule has 0 aliphatic heterocycles. The van der Waals surface area contributed by atoms with E-state index in [2.05, 4.69) is 32.9 Å². The smallest absolute Gasteiger partial charge is 0.306 e. The Morgan fingerprint density at radius 2 is 0.398 bits per heavy atom. The Hall–Kier alpha value is -1.85. The molecule has 0 amide bonds. The fraction of sp³-hybridized carbons (Fsp3) is 0.935. The van der Waals surface area contributed by atoms with Gasteiger partial charge in [-0.2, -0.15) is 0 Å². The lowest BCUT2D eigenvalue weighted by molar-refractivity contribution is -0.167. The topological polar surface area (TPSA) is 78.9 Å². The number of allylic oxidation sites excluding steroid dienone is 2. The fourth-order valence-electron chi connectivity index (χ4n) is 12.0.